The van der Waals surface area contributed by atoms with E-state index in [0.717, 1.165) is 11.1 Å². The lowest BCUT2D eigenvalue weighted by atomic mass is 10.1. The van der Waals surface area contributed by atoms with Crippen molar-refractivity contribution in [1.82, 2.24) is 10.6 Å². The van der Waals surface area contributed by atoms with Gasteiger partial charge in [-0.15, -0.1) is 0 Å². The first kappa shape index (κ1) is 19.4. The highest BCUT2D eigenvalue weighted by atomic mass is 19.1. The number of nitrogens with zero attached hydrogens (tertiary/aromatic N) is 1. The van der Waals surface area contributed by atoms with E-state index in [2.05, 4.69) is 15.6 Å². The predicted octanol–water partition coefficient (Wildman–Crippen LogP) is 2.72. The minimum Gasteiger partial charge on any atom is -0.493 e. The molecule has 140 valence electrons. The molecule has 26 heavy (non-hydrogen) atoms. The lowest BCUT2D eigenvalue weighted by Crippen LogP contribution is -2.36. The molecule has 0 heterocycles. The summed E-state index contributed by atoms with van der Waals surface area (Å²) in [6.07, 6.45) is 0. The fourth-order valence-corrected chi connectivity index (χ4v) is 2.53. The normalized spacial score (nSPS) is 11.0. The molecule has 0 unspecified atom stereocenters. The van der Waals surface area contributed by atoms with E-state index < -0.39 is 0 Å². The van der Waals surface area contributed by atoms with Crippen LogP contribution in [0.15, 0.2) is 41.4 Å². The van der Waals surface area contributed by atoms with Crippen LogP contribution in [-0.4, -0.2) is 34.3 Å². The Morgan fingerprint density at radius 2 is 1.69 bits per heavy atom. The number of halogens is 1. The van der Waals surface area contributed by atoms with Crippen molar-refractivity contribution < 1.29 is 18.6 Å². The molecule has 0 fully saturated rings. The van der Waals surface area contributed by atoms with Crippen molar-refractivity contribution in [2.75, 3.05) is 28.4 Å². The molecule has 0 aliphatic heterocycles. The highest BCUT2D eigenvalue weighted by Gasteiger charge is 2.15. The first-order valence-electron chi connectivity index (χ1n) is 8.09. The summed E-state index contributed by atoms with van der Waals surface area (Å²) < 4.78 is 29.4. The van der Waals surface area contributed by atoms with Crippen molar-refractivity contribution in [2.45, 2.75) is 13.1 Å². The van der Waals surface area contributed by atoms with Crippen LogP contribution < -0.4 is 24.8 Å². The summed E-state index contributed by atoms with van der Waals surface area (Å²) in [6, 6.07) is 10.1. The molecular weight excluding hydrogens is 337 g/mol. The van der Waals surface area contributed by atoms with Gasteiger partial charge < -0.3 is 24.8 Å². The van der Waals surface area contributed by atoms with Crippen LogP contribution in [0.2, 0.25) is 0 Å². The van der Waals surface area contributed by atoms with Crippen molar-refractivity contribution in [3.63, 3.8) is 0 Å². The van der Waals surface area contributed by atoms with Crippen LogP contribution in [0.1, 0.15) is 11.1 Å². The van der Waals surface area contributed by atoms with Crippen LogP contribution in [0.4, 0.5) is 4.39 Å². The third kappa shape index (κ3) is 4.78. The van der Waals surface area contributed by atoms with Gasteiger partial charge in [0, 0.05) is 25.7 Å². The van der Waals surface area contributed by atoms with Gasteiger partial charge in [0.1, 0.15) is 5.82 Å². The van der Waals surface area contributed by atoms with Crippen LogP contribution in [0.25, 0.3) is 0 Å². The largest absolute Gasteiger partial charge is 0.493 e. The van der Waals surface area contributed by atoms with E-state index in [-0.39, 0.29) is 5.82 Å². The van der Waals surface area contributed by atoms with E-state index in [9.17, 15) is 4.39 Å². The molecule has 2 N–H and O–H groups in total. The molecule has 0 saturated heterocycles. The van der Waals surface area contributed by atoms with Crippen LogP contribution in [-0.2, 0) is 13.1 Å². The summed E-state index contributed by atoms with van der Waals surface area (Å²) in [4.78, 5) is 4.18. The first-order chi connectivity index (χ1) is 12.6. The number of aliphatic imine (C=N–C) groups is 1. The second-order valence-electron chi connectivity index (χ2n) is 5.40. The molecule has 0 aliphatic carbocycles. The van der Waals surface area contributed by atoms with Crippen molar-refractivity contribution in [2.24, 2.45) is 4.99 Å². The average molecular weight is 361 g/mol. The third-order valence-electron chi connectivity index (χ3n) is 3.80. The van der Waals surface area contributed by atoms with Crippen molar-refractivity contribution in [3.05, 3.63) is 53.3 Å². The smallest absolute Gasteiger partial charge is 0.203 e. The molecule has 7 heteroatoms. The highest BCUT2D eigenvalue weighted by Crippen LogP contribution is 2.39. The maximum Gasteiger partial charge on any atom is 0.203 e. The van der Waals surface area contributed by atoms with E-state index in [1.165, 1.54) is 12.1 Å². The van der Waals surface area contributed by atoms with Gasteiger partial charge in [0.25, 0.3) is 0 Å². The second kappa shape index (κ2) is 9.50. The molecule has 2 rings (SSSR count). The van der Waals surface area contributed by atoms with Crippen molar-refractivity contribution in [3.8, 4) is 17.2 Å². The Morgan fingerprint density at radius 1 is 0.962 bits per heavy atom. The average Bonchev–Trinajstić information content (AvgIpc) is 2.67. The zero-order valence-corrected chi connectivity index (χ0v) is 15.4. The van der Waals surface area contributed by atoms with Gasteiger partial charge in [-0.2, -0.15) is 0 Å². The summed E-state index contributed by atoms with van der Waals surface area (Å²) in [5.41, 5.74) is 1.72. The highest BCUT2D eigenvalue weighted by molar-refractivity contribution is 5.79. The number of guanidine groups is 1. The number of benzene rings is 2. The van der Waals surface area contributed by atoms with E-state index in [1.54, 1.807) is 34.4 Å². The molecule has 0 saturated carbocycles. The molecule has 0 aromatic heterocycles. The minimum atomic E-state index is -0.262. The Morgan fingerprint density at radius 3 is 2.31 bits per heavy atom. The number of rotatable bonds is 7. The molecule has 0 aliphatic rings. The Bertz CT molecular complexity index is 766. The fourth-order valence-electron chi connectivity index (χ4n) is 2.53. The number of hydrogen-bond donors (Lipinski definition) is 2. The molecule has 0 amide bonds. The van der Waals surface area contributed by atoms with E-state index >= 15 is 0 Å². The Balaban J connectivity index is 2.04. The molecular formula is C19H24FN3O3. The summed E-state index contributed by atoms with van der Waals surface area (Å²) >= 11 is 0. The molecule has 2 aromatic rings. The van der Waals surface area contributed by atoms with Gasteiger partial charge in [-0.3, -0.25) is 4.99 Å². The van der Waals surface area contributed by atoms with Crippen LogP contribution in [0, 0.1) is 5.82 Å². The quantitative estimate of drug-likeness (QED) is 0.586. The SMILES string of the molecule is CN=C(NCc1cccc(F)c1)NCc1ccc(OC)c(OC)c1OC. The second-order valence-corrected chi connectivity index (χ2v) is 5.40. The topological polar surface area (TPSA) is 64.1 Å². The van der Waals surface area contributed by atoms with E-state index in [0.29, 0.717) is 36.3 Å². The Labute approximate surface area is 153 Å². The third-order valence-corrected chi connectivity index (χ3v) is 3.80. The fraction of sp³-hybridized carbons (Fsp3) is 0.316. The van der Waals surface area contributed by atoms with Crippen LogP contribution in [0.5, 0.6) is 17.2 Å². The van der Waals surface area contributed by atoms with Crippen molar-refractivity contribution >= 4 is 5.96 Å². The zero-order valence-electron chi connectivity index (χ0n) is 15.4. The van der Waals surface area contributed by atoms with E-state index in [1.807, 2.05) is 18.2 Å². The molecule has 6 nitrogen and oxygen atoms in total. The maximum atomic E-state index is 13.2. The van der Waals surface area contributed by atoms with Gasteiger partial charge in [0.2, 0.25) is 5.75 Å². The monoisotopic (exact) mass is 361 g/mol. The summed E-state index contributed by atoms with van der Waals surface area (Å²) in [6.45, 7) is 0.923. The van der Waals surface area contributed by atoms with Gasteiger partial charge in [-0.05, 0) is 29.8 Å². The molecule has 2 aromatic carbocycles. The lowest BCUT2D eigenvalue weighted by molar-refractivity contribution is 0.322. The molecule has 0 atom stereocenters. The summed E-state index contributed by atoms with van der Waals surface area (Å²) in [7, 11) is 6.40. The molecule has 0 spiro atoms. The van der Waals surface area contributed by atoms with Crippen LogP contribution >= 0.6 is 0 Å². The predicted molar refractivity (Wildman–Crippen MR) is 99.5 cm³/mol. The summed E-state index contributed by atoms with van der Waals surface area (Å²) in [5, 5.41) is 6.35. The Kier molecular flexibility index (Phi) is 7.08. The molecule has 0 bridgehead atoms. The van der Waals surface area contributed by atoms with Gasteiger partial charge in [-0.1, -0.05) is 12.1 Å². The van der Waals surface area contributed by atoms with Crippen molar-refractivity contribution in [1.29, 1.82) is 0 Å². The number of hydrogen-bond acceptors (Lipinski definition) is 4. The standard InChI is InChI=1S/C19H24FN3O3/c1-21-19(22-11-13-6-5-7-15(20)10-13)23-12-14-8-9-16(24-2)18(26-4)17(14)25-3/h5-10H,11-12H2,1-4H3,(H2,21,22,23). The number of ether oxygens (including phenoxy) is 3. The lowest BCUT2D eigenvalue weighted by Gasteiger charge is -2.17. The number of methoxy groups -OCH3 is 3. The maximum absolute atomic E-state index is 13.2. The van der Waals surface area contributed by atoms with Gasteiger partial charge >= 0.3 is 0 Å². The van der Waals surface area contributed by atoms with Gasteiger partial charge in [0.05, 0.1) is 21.3 Å². The molecule has 0 radical (unpaired) electrons. The van der Waals surface area contributed by atoms with Gasteiger partial charge in [-0.25, -0.2) is 4.39 Å². The van der Waals surface area contributed by atoms with Gasteiger partial charge in [0.15, 0.2) is 17.5 Å². The minimum absolute atomic E-state index is 0.262. The first-order valence-corrected chi connectivity index (χ1v) is 8.09. The number of nitrogens with one attached hydrogen (secondary N) is 2. The van der Waals surface area contributed by atoms with E-state index in [4.69, 9.17) is 14.2 Å². The van der Waals surface area contributed by atoms with Crippen LogP contribution in [0.3, 0.4) is 0 Å². The summed E-state index contributed by atoms with van der Waals surface area (Å²) in [5.74, 6) is 2.06. The Hall–Kier alpha value is -2.96. The zero-order chi connectivity index (χ0) is 18.9.